The third kappa shape index (κ3) is 4.81. The van der Waals surface area contributed by atoms with Crippen molar-refractivity contribution >= 4 is 33.2 Å². The number of nitro groups is 1. The van der Waals surface area contributed by atoms with Crippen LogP contribution in [0.3, 0.4) is 0 Å². The first-order valence-corrected chi connectivity index (χ1v) is 11.9. The molecule has 3 aromatic carbocycles. The van der Waals surface area contributed by atoms with E-state index in [0.717, 1.165) is 4.90 Å². The van der Waals surface area contributed by atoms with Crippen LogP contribution in [-0.4, -0.2) is 37.1 Å². The first kappa shape index (κ1) is 23.8. The summed E-state index contributed by atoms with van der Waals surface area (Å²) in [6.45, 7) is 0. The monoisotopic (exact) mass is 492 g/mol. The van der Waals surface area contributed by atoms with E-state index >= 15 is 0 Å². The number of anilines is 1. The van der Waals surface area contributed by atoms with Gasteiger partial charge in [0, 0.05) is 24.9 Å². The molecule has 1 aliphatic heterocycles. The number of nitrogens with one attached hydrogen (secondary N) is 2. The molecule has 1 heterocycles. The van der Waals surface area contributed by atoms with Gasteiger partial charge in [0.25, 0.3) is 17.5 Å². The molecule has 2 amide bonds. The second-order valence-corrected chi connectivity index (χ2v) is 9.38. The van der Waals surface area contributed by atoms with Gasteiger partial charge in [-0.1, -0.05) is 48.5 Å². The van der Waals surface area contributed by atoms with Gasteiger partial charge in [0.2, 0.25) is 10.0 Å². The number of carbonyl (C=O) groups is 2. The minimum Gasteiger partial charge on any atom is -0.351 e. The number of para-hydroxylation sites is 1. The number of amides is 2. The zero-order valence-corrected chi connectivity index (χ0v) is 19.2. The number of hydrogen-bond donors (Lipinski definition) is 2. The summed E-state index contributed by atoms with van der Waals surface area (Å²) in [5, 5.41) is 14.0. The van der Waals surface area contributed by atoms with Gasteiger partial charge in [0.15, 0.2) is 0 Å². The van der Waals surface area contributed by atoms with Crippen LogP contribution in [0, 0.1) is 10.1 Å². The highest BCUT2D eigenvalue weighted by Crippen LogP contribution is 2.34. The molecule has 2 N–H and O–H groups in total. The molecular formula is C24H20N4O6S. The molecule has 1 aliphatic rings. The zero-order valence-electron chi connectivity index (χ0n) is 18.4. The van der Waals surface area contributed by atoms with E-state index in [1.54, 1.807) is 48.5 Å². The van der Waals surface area contributed by atoms with Crippen molar-refractivity contribution in [3.8, 4) is 0 Å². The molecule has 10 nitrogen and oxygen atoms in total. The summed E-state index contributed by atoms with van der Waals surface area (Å²) in [6, 6.07) is 20.0. The van der Waals surface area contributed by atoms with E-state index in [4.69, 9.17) is 0 Å². The van der Waals surface area contributed by atoms with E-state index in [1.807, 2.05) is 0 Å². The van der Waals surface area contributed by atoms with Gasteiger partial charge in [0.05, 0.1) is 21.4 Å². The minimum atomic E-state index is -4.15. The second-order valence-electron chi connectivity index (χ2n) is 7.67. The smallest absolute Gasteiger partial charge is 0.277 e. The van der Waals surface area contributed by atoms with E-state index in [2.05, 4.69) is 10.0 Å². The molecule has 0 bridgehead atoms. The maximum absolute atomic E-state index is 13.2. The first-order valence-electron chi connectivity index (χ1n) is 10.4. The van der Waals surface area contributed by atoms with Crippen LogP contribution in [0.5, 0.6) is 0 Å². The molecular weight excluding hydrogens is 472 g/mol. The summed E-state index contributed by atoms with van der Waals surface area (Å²) in [4.78, 5) is 37.5. The van der Waals surface area contributed by atoms with Crippen molar-refractivity contribution in [1.82, 2.24) is 9.62 Å². The van der Waals surface area contributed by atoms with Crippen molar-refractivity contribution in [2.24, 2.45) is 0 Å². The third-order valence-electron chi connectivity index (χ3n) is 5.42. The number of hydrogen-bond acceptors (Lipinski definition) is 7. The standard InChI is InChI=1S/C24H20N4O6S/c1-27-23(29)20(22(24(27)30)25-17-8-4-2-5-9-17)21(16-12-14-18(15-13-16)28(31)32)26-35(33,34)19-10-6-3-7-11-19/h2-15,21,25-26H,1H3. The third-order valence-corrected chi connectivity index (χ3v) is 6.86. The van der Waals surface area contributed by atoms with Gasteiger partial charge in [-0.05, 0) is 29.8 Å². The molecule has 0 saturated carbocycles. The van der Waals surface area contributed by atoms with Crippen LogP contribution in [0.15, 0.2) is 101 Å². The van der Waals surface area contributed by atoms with Gasteiger partial charge in [0.1, 0.15) is 5.70 Å². The van der Waals surface area contributed by atoms with E-state index in [-0.39, 0.29) is 27.4 Å². The Labute approximate surface area is 201 Å². The second kappa shape index (κ2) is 9.49. The topological polar surface area (TPSA) is 139 Å². The summed E-state index contributed by atoms with van der Waals surface area (Å²) in [5.74, 6) is -1.34. The lowest BCUT2D eigenvalue weighted by Gasteiger charge is -2.21. The zero-order chi connectivity index (χ0) is 25.2. The van der Waals surface area contributed by atoms with Crippen LogP contribution in [0.4, 0.5) is 11.4 Å². The Kier molecular flexibility index (Phi) is 6.45. The van der Waals surface area contributed by atoms with Crippen molar-refractivity contribution in [3.05, 3.63) is 112 Å². The molecule has 4 rings (SSSR count). The molecule has 0 saturated heterocycles. The maximum atomic E-state index is 13.2. The number of sulfonamides is 1. The largest absolute Gasteiger partial charge is 0.351 e. The van der Waals surface area contributed by atoms with Crippen molar-refractivity contribution in [2.45, 2.75) is 10.9 Å². The molecule has 3 aromatic rings. The lowest BCUT2D eigenvalue weighted by atomic mass is 9.98. The number of benzene rings is 3. The molecule has 0 spiro atoms. The summed E-state index contributed by atoms with van der Waals surface area (Å²) in [7, 11) is -2.86. The fourth-order valence-electron chi connectivity index (χ4n) is 3.62. The number of nitro benzene ring substituents is 1. The van der Waals surface area contributed by atoms with E-state index < -0.39 is 32.8 Å². The molecule has 11 heteroatoms. The number of carbonyl (C=O) groups excluding carboxylic acids is 2. The number of imide groups is 1. The molecule has 0 radical (unpaired) electrons. The minimum absolute atomic E-state index is 0.0461. The van der Waals surface area contributed by atoms with Crippen molar-refractivity contribution < 1.29 is 22.9 Å². The lowest BCUT2D eigenvalue weighted by molar-refractivity contribution is -0.384. The molecule has 0 fully saturated rings. The van der Waals surface area contributed by atoms with Crippen LogP contribution in [0.25, 0.3) is 0 Å². The predicted octanol–water partition coefficient (Wildman–Crippen LogP) is 2.98. The van der Waals surface area contributed by atoms with Crippen LogP contribution in [0.2, 0.25) is 0 Å². The van der Waals surface area contributed by atoms with Crippen molar-refractivity contribution in [3.63, 3.8) is 0 Å². The molecule has 0 aromatic heterocycles. The Balaban J connectivity index is 1.87. The fourth-order valence-corrected chi connectivity index (χ4v) is 4.84. The molecule has 0 aliphatic carbocycles. The van der Waals surface area contributed by atoms with E-state index in [0.29, 0.717) is 5.69 Å². The van der Waals surface area contributed by atoms with E-state index in [9.17, 15) is 28.1 Å². The normalized spacial score (nSPS) is 14.8. The van der Waals surface area contributed by atoms with Gasteiger partial charge >= 0.3 is 0 Å². The Morgan fingerprint density at radius 3 is 2.00 bits per heavy atom. The van der Waals surface area contributed by atoms with Crippen LogP contribution >= 0.6 is 0 Å². The average Bonchev–Trinajstić information content (AvgIpc) is 3.07. The first-order chi connectivity index (χ1) is 16.7. The van der Waals surface area contributed by atoms with Gasteiger partial charge < -0.3 is 5.32 Å². The molecule has 1 unspecified atom stereocenters. The average molecular weight is 493 g/mol. The van der Waals surface area contributed by atoms with Gasteiger partial charge in [-0.15, -0.1) is 0 Å². The SMILES string of the molecule is CN1C(=O)C(Nc2ccccc2)=C(C(NS(=O)(=O)c2ccccc2)c2ccc([N+](=O)[O-])cc2)C1=O. The highest BCUT2D eigenvalue weighted by atomic mass is 32.2. The highest BCUT2D eigenvalue weighted by Gasteiger charge is 2.42. The van der Waals surface area contributed by atoms with Crippen molar-refractivity contribution in [1.29, 1.82) is 0 Å². The fraction of sp³-hybridized carbons (Fsp3) is 0.0833. The summed E-state index contributed by atoms with van der Waals surface area (Å²) < 4.78 is 28.9. The summed E-state index contributed by atoms with van der Waals surface area (Å²) in [5.41, 5.74) is 0.331. The van der Waals surface area contributed by atoms with Gasteiger partial charge in [-0.25, -0.2) is 8.42 Å². The number of non-ortho nitro benzene ring substituents is 1. The Hall–Kier alpha value is -4.35. The van der Waals surface area contributed by atoms with Crippen LogP contribution in [0.1, 0.15) is 11.6 Å². The van der Waals surface area contributed by atoms with Gasteiger partial charge in [-0.3, -0.25) is 24.6 Å². The number of rotatable bonds is 8. The molecule has 1 atom stereocenters. The Morgan fingerprint density at radius 2 is 1.43 bits per heavy atom. The maximum Gasteiger partial charge on any atom is 0.277 e. The van der Waals surface area contributed by atoms with Gasteiger partial charge in [-0.2, -0.15) is 4.72 Å². The predicted molar refractivity (Wildman–Crippen MR) is 127 cm³/mol. The molecule has 35 heavy (non-hydrogen) atoms. The summed E-state index contributed by atoms with van der Waals surface area (Å²) >= 11 is 0. The van der Waals surface area contributed by atoms with Crippen LogP contribution < -0.4 is 10.0 Å². The number of likely N-dealkylation sites (N-methyl/N-ethyl adjacent to an activating group) is 1. The lowest BCUT2D eigenvalue weighted by Crippen LogP contribution is -2.34. The van der Waals surface area contributed by atoms with E-state index in [1.165, 1.54) is 43.4 Å². The highest BCUT2D eigenvalue weighted by molar-refractivity contribution is 7.89. The number of nitrogens with zero attached hydrogens (tertiary/aromatic N) is 2. The Morgan fingerprint density at radius 1 is 0.857 bits per heavy atom. The quantitative estimate of drug-likeness (QED) is 0.280. The Bertz CT molecular complexity index is 1420. The van der Waals surface area contributed by atoms with Crippen LogP contribution in [-0.2, 0) is 19.6 Å². The van der Waals surface area contributed by atoms with Crippen molar-refractivity contribution in [2.75, 3.05) is 12.4 Å². The summed E-state index contributed by atoms with van der Waals surface area (Å²) in [6.07, 6.45) is 0. The molecule has 178 valence electrons.